The minimum atomic E-state index is -0.442. The molecule has 5 nitrogen and oxygen atoms in total. The van der Waals surface area contributed by atoms with Gasteiger partial charge in [-0.1, -0.05) is 30.7 Å². The lowest BCUT2D eigenvalue weighted by atomic mass is 10.1. The fourth-order valence-electron chi connectivity index (χ4n) is 3.09. The number of likely N-dealkylation sites (tertiary alicyclic amines) is 1. The zero-order chi connectivity index (χ0) is 17.8. The molecule has 1 saturated heterocycles. The molecule has 1 aromatic heterocycles. The van der Waals surface area contributed by atoms with Crippen molar-refractivity contribution >= 4 is 23.4 Å². The molecular weight excluding hydrogens is 338 g/mol. The molecule has 0 aliphatic carbocycles. The molecule has 6 heteroatoms. The molecule has 0 bridgehead atoms. The summed E-state index contributed by atoms with van der Waals surface area (Å²) in [4.78, 5) is 31.0. The van der Waals surface area contributed by atoms with Gasteiger partial charge in [0.1, 0.15) is 6.04 Å². The van der Waals surface area contributed by atoms with E-state index >= 15 is 0 Å². The number of nitrogens with zero attached hydrogens (tertiary/aromatic N) is 2. The maximum atomic E-state index is 12.7. The number of carbonyl (C=O) groups excluding carboxylic acids is 2. The number of benzene rings is 1. The van der Waals surface area contributed by atoms with Gasteiger partial charge >= 0.3 is 0 Å². The Balaban J connectivity index is 1.67. The molecule has 0 radical (unpaired) electrons. The van der Waals surface area contributed by atoms with Gasteiger partial charge in [-0.25, -0.2) is 0 Å². The highest BCUT2D eigenvalue weighted by atomic mass is 35.5. The van der Waals surface area contributed by atoms with Crippen LogP contribution in [0.1, 0.15) is 29.3 Å². The van der Waals surface area contributed by atoms with Gasteiger partial charge in [-0.3, -0.25) is 14.6 Å². The number of pyridine rings is 1. The summed E-state index contributed by atoms with van der Waals surface area (Å²) >= 11 is 5.87. The average Bonchev–Trinajstić information content (AvgIpc) is 3.03. The van der Waals surface area contributed by atoms with Gasteiger partial charge in [0.05, 0.1) is 0 Å². The van der Waals surface area contributed by atoms with E-state index in [-0.39, 0.29) is 17.7 Å². The van der Waals surface area contributed by atoms with Crippen LogP contribution < -0.4 is 5.32 Å². The first-order chi connectivity index (χ1) is 12.0. The fraction of sp³-hybridized carbons (Fsp3) is 0.316. The summed E-state index contributed by atoms with van der Waals surface area (Å²) in [5, 5.41) is 3.59. The molecule has 2 amide bonds. The predicted octanol–water partition coefficient (Wildman–Crippen LogP) is 2.90. The molecule has 1 aliphatic rings. The fourth-order valence-corrected chi connectivity index (χ4v) is 3.21. The van der Waals surface area contributed by atoms with Crippen LogP contribution in [0.25, 0.3) is 0 Å². The van der Waals surface area contributed by atoms with Crippen molar-refractivity contribution in [1.82, 2.24) is 15.2 Å². The van der Waals surface area contributed by atoms with E-state index in [0.29, 0.717) is 30.1 Å². The van der Waals surface area contributed by atoms with Crippen LogP contribution in [0.5, 0.6) is 0 Å². The third kappa shape index (κ3) is 4.17. The molecule has 1 fully saturated rings. The highest BCUT2D eigenvalue weighted by molar-refractivity contribution is 6.30. The van der Waals surface area contributed by atoms with E-state index in [0.717, 1.165) is 5.56 Å². The van der Waals surface area contributed by atoms with Crippen molar-refractivity contribution in [3.8, 4) is 0 Å². The lowest BCUT2D eigenvalue weighted by Gasteiger charge is -2.24. The van der Waals surface area contributed by atoms with E-state index in [1.54, 1.807) is 41.6 Å². The highest BCUT2D eigenvalue weighted by Crippen LogP contribution is 2.25. The van der Waals surface area contributed by atoms with Gasteiger partial charge in [0, 0.05) is 36.1 Å². The van der Waals surface area contributed by atoms with Crippen molar-refractivity contribution in [3.63, 3.8) is 0 Å². The summed E-state index contributed by atoms with van der Waals surface area (Å²) in [5.74, 6) is 0.0390. The average molecular weight is 358 g/mol. The highest BCUT2D eigenvalue weighted by Gasteiger charge is 2.37. The molecular formula is C19H20ClN3O2. The summed E-state index contributed by atoms with van der Waals surface area (Å²) in [6, 6.07) is 10.2. The SMILES string of the molecule is C[C@@H]1C[C@@H](C(=O)NCc2ccc(Cl)cc2)N(C(=O)c2ccncc2)C1. The zero-order valence-corrected chi connectivity index (χ0v) is 14.7. The molecule has 2 aromatic rings. The van der Waals surface area contributed by atoms with Gasteiger partial charge in [-0.2, -0.15) is 0 Å². The van der Waals surface area contributed by atoms with Crippen molar-refractivity contribution in [1.29, 1.82) is 0 Å². The standard InChI is InChI=1S/C19H20ClN3O2/c1-13-10-17(18(24)22-11-14-2-4-16(20)5-3-14)23(12-13)19(25)15-6-8-21-9-7-15/h2-9,13,17H,10-12H2,1H3,(H,22,24)/t13-,17+/m1/s1. The van der Waals surface area contributed by atoms with E-state index in [2.05, 4.69) is 17.2 Å². The number of carbonyl (C=O) groups is 2. The molecule has 25 heavy (non-hydrogen) atoms. The second-order valence-electron chi connectivity index (χ2n) is 6.39. The Hall–Kier alpha value is -2.40. The Labute approximate surface area is 152 Å². The minimum Gasteiger partial charge on any atom is -0.350 e. The second-order valence-corrected chi connectivity index (χ2v) is 6.83. The lowest BCUT2D eigenvalue weighted by Crippen LogP contribution is -2.45. The quantitative estimate of drug-likeness (QED) is 0.915. The van der Waals surface area contributed by atoms with Crippen molar-refractivity contribution in [2.75, 3.05) is 6.54 Å². The Kier molecular flexibility index (Phi) is 5.34. The normalized spacial score (nSPS) is 19.7. The van der Waals surface area contributed by atoms with E-state index in [4.69, 9.17) is 11.6 Å². The molecule has 1 aromatic carbocycles. The summed E-state index contributed by atoms with van der Waals surface area (Å²) in [7, 11) is 0. The van der Waals surface area contributed by atoms with E-state index in [9.17, 15) is 9.59 Å². The largest absolute Gasteiger partial charge is 0.350 e. The van der Waals surface area contributed by atoms with Crippen LogP contribution in [-0.4, -0.2) is 34.3 Å². The van der Waals surface area contributed by atoms with Gasteiger partial charge in [0.15, 0.2) is 0 Å². The van der Waals surface area contributed by atoms with E-state index < -0.39 is 6.04 Å². The van der Waals surface area contributed by atoms with Gasteiger partial charge in [-0.15, -0.1) is 0 Å². The predicted molar refractivity (Wildman–Crippen MR) is 96.1 cm³/mol. The second kappa shape index (κ2) is 7.66. The number of halogens is 1. The van der Waals surface area contributed by atoms with Gasteiger partial charge in [0.2, 0.25) is 5.91 Å². The number of aromatic nitrogens is 1. The van der Waals surface area contributed by atoms with Crippen molar-refractivity contribution in [3.05, 3.63) is 64.9 Å². The summed E-state index contributed by atoms with van der Waals surface area (Å²) in [5.41, 5.74) is 1.52. The molecule has 3 rings (SSSR count). The monoisotopic (exact) mass is 357 g/mol. The lowest BCUT2D eigenvalue weighted by molar-refractivity contribution is -0.125. The first kappa shape index (κ1) is 17.4. The first-order valence-corrected chi connectivity index (χ1v) is 8.65. The topological polar surface area (TPSA) is 62.3 Å². The summed E-state index contributed by atoms with van der Waals surface area (Å²) in [6.07, 6.45) is 3.84. The van der Waals surface area contributed by atoms with Crippen LogP contribution in [-0.2, 0) is 11.3 Å². The molecule has 2 heterocycles. The molecule has 1 N–H and O–H groups in total. The van der Waals surface area contributed by atoms with Crippen LogP contribution in [0, 0.1) is 5.92 Å². The van der Waals surface area contributed by atoms with Gasteiger partial charge in [0.25, 0.3) is 5.91 Å². The number of hydrogen-bond donors (Lipinski definition) is 1. The van der Waals surface area contributed by atoms with E-state index in [1.165, 1.54) is 0 Å². The molecule has 1 aliphatic heterocycles. The third-order valence-electron chi connectivity index (χ3n) is 4.38. The van der Waals surface area contributed by atoms with E-state index in [1.807, 2.05) is 12.1 Å². The summed E-state index contributed by atoms with van der Waals surface area (Å²) < 4.78 is 0. The Morgan fingerprint density at radius 1 is 1.20 bits per heavy atom. The maximum absolute atomic E-state index is 12.7. The minimum absolute atomic E-state index is 0.123. The van der Waals surface area contributed by atoms with Crippen LogP contribution in [0.3, 0.4) is 0 Å². The van der Waals surface area contributed by atoms with Crippen molar-refractivity contribution in [2.45, 2.75) is 25.9 Å². The molecule has 130 valence electrons. The molecule has 0 unspecified atom stereocenters. The third-order valence-corrected chi connectivity index (χ3v) is 4.63. The van der Waals surface area contributed by atoms with Gasteiger partial charge in [-0.05, 0) is 42.2 Å². The number of amides is 2. The molecule has 0 spiro atoms. The smallest absolute Gasteiger partial charge is 0.254 e. The molecule has 0 saturated carbocycles. The zero-order valence-electron chi connectivity index (χ0n) is 14.0. The number of nitrogens with one attached hydrogen (secondary N) is 1. The summed E-state index contributed by atoms with van der Waals surface area (Å²) in [6.45, 7) is 3.05. The van der Waals surface area contributed by atoms with Crippen LogP contribution in [0.15, 0.2) is 48.8 Å². The van der Waals surface area contributed by atoms with Crippen molar-refractivity contribution in [2.24, 2.45) is 5.92 Å². The Bertz CT molecular complexity index is 749. The Morgan fingerprint density at radius 3 is 2.56 bits per heavy atom. The van der Waals surface area contributed by atoms with Crippen LogP contribution >= 0.6 is 11.6 Å². The van der Waals surface area contributed by atoms with Crippen LogP contribution in [0.4, 0.5) is 0 Å². The number of hydrogen-bond acceptors (Lipinski definition) is 3. The first-order valence-electron chi connectivity index (χ1n) is 8.27. The molecule has 2 atom stereocenters. The number of rotatable bonds is 4. The van der Waals surface area contributed by atoms with Gasteiger partial charge < -0.3 is 10.2 Å². The Morgan fingerprint density at radius 2 is 1.88 bits per heavy atom. The van der Waals surface area contributed by atoms with Crippen molar-refractivity contribution < 1.29 is 9.59 Å². The maximum Gasteiger partial charge on any atom is 0.254 e. The van der Waals surface area contributed by atoms with Crippen LogP contribution in [0.2, 0.25) is 5.02 Å².